The largest absolute Gasteiger partial charge is 0.491 e. The maximum atomic E-state index is 12.9. The summed E-state index contributed by atoms with van der Waals surface area (Å²) in [6.07, 6.45) is 3.58. The topological polar surface area (TPSA) is 54.5 Å². The second-order valence-corrected chi connectivity index (χ2v) is 6.18. The summed E-state index contributed by atoms with van der Waals surface area (Å²) in [5.74, 6) is 0.316. The summed E-state index contributed by atoms with van der Waals surface area (Å²) < 4.78 is 18.6. The van der Waals surface area contributed by atoms with Gasteiger partial charge >= 0.3 is 6.03 Å². The van der Waals surface area contributed by atoms with E-state index in [-0.39, 0.29) is 17.9 Å². The van der Waals surface area contributed by atoms with Crippen LogP contribution in [-0.4, -0.2) is 35.1 Å². The third-order valence-electron chi connectivity index (χ3n) is 4.42. The van der Waals surface area contributed by atoms with Gasteiger partial charge in [0.15, 0.2) is 0 Å². The van der Waals surface area contributed by atoms with Gasteiger partial charge in [0, 0.05) is 12.7 Å². The summed E-state index contributed by atoms with van der Waals surface area (Å²) in [5.41, 5.74) is 1.93. The predicted octanol–water partition coefficient (Wildman–Crippen LogP) is 3.28. The highest BCUT2D eigenvalue weighted by Gasteiger charge is 2.29. The van der Waals surface area contributed by atoms with Crippen LogP contribution in [-0.2, 0) is 6.54 Å². The van der Waals surface area contributed by atoms with Gasteiger partial charge in [-0.15, -0.1) is 0 Å². The standard InChI is InChI=1S/C19H22FN3O2/c1-14-4-2-10-21-18(14)12-22-19(24)23-11-3-5-16(23)13-25-17-8-6-15(20)7-9-17/h2,4,6-10,16H,3,5,11-13H2,1H3,(H,22,24)/t16-/m0/s1. The number of benzene rings is 1. The molecule has 0 aliphatic carbocycles. The number of halogens is 1. The molecule has 25 heavy (non-hydrogen) atoms. The van der Waals surface area contributed by atoms with E-state index in [0.29, 0.717) is 25.4 Å². The average molecular weight is 343 g/mol. The minimum Gasteiger partial charge on any atom is -0.491 e. The molecule has 132 valence electrons. The Labute approximate surface area is 146 Å². The van der Waals surface area contributed by atoms with Crippen LogP contribution < -0.4 is 10.1 Å². The van der Waals surface area contributed by atoms with Crippen LogP contribution in [0.2, 0.25) is 0 Å². The van der Waals surface area contributed by atoms with E-state index in [2.05, 4.69) is 10.3 Å². The highest BCUT2D eigenvalue weighted by molar-refractivity contribution is 5.74. The Morgan fingerprint density at radius 3 is 2.92 bits per heavy atom. The van der Waals surface area contributed by atoms with Gasteiger partial charge < -0.3 is 15.0 Å². The molecule has 0 spiro atoms. The monoisotopic (exact) mass is 343 g/mol. The number of nitrogens with zero attached hydrogens (tertiary/aromatic N) is 2. The molecular formula is C19H22FN3O2. The van der Waals surface area contributed by atoms with Crippen molar-refractivity contribution in [1.29, 1.82) is 0 Å². The number of nitrogens with one attached hydrogen (secondary N) is 1. The van der Waals surface area contributed by atoms with Gasteiger partial charge in [-0.2, -0.15) is 0 Å². The lowest BCUT2D eigenvalue weighted by Crippen LogP contribution is -2.44. The number of carbonyl (C=O) groups excluding carboxylic acids is 1. The van der Waals surface area contributed by atoms with E-state index in [1.165, 1.54) is 12.1 Å². The van der Waals surface area contributed by atoms with Crippen molar-refractivity contribution in [3.05, 3.63) is 59.7 Å². The molecule has 0 unspecified atom stereocenters. The SMILES string of the molecule is Cc1cccnc1CNC(=O)N1CCC[C@H]1COc1ccc(F)cc1. The van der Waals surface area contributed by atoms with Crippen LogP contribution in [0.15, 0.2) is 42.6 Å². The predicted molar refractivity (Wildman–Crippen MR) is 92.8 cm³/mol. The van der Waals surface area contributed by atoms with E-state index in [4.69, 9.17) is 4.74 Å². The minimum absolute atomic E-state index is 0.0230. The molecule has 5 nitrogen and oxygen atoms in total. The number of aromatic nitrogens is 1. The van der Waals surface area contributed by atoms with Gasteiger partial charge in [-0.25, -0.2) is 9.18 Å². The fourth-order valence-electron chi connectivity index (χ4n) is 2.96. The number of pyridine rings is 1. The van der Waals surface area contributed by atoms with E-state index in [0.717, 1.165) is 24.1 Å². The van der Waals surface area contributed by atoms with Gasteiger partial charge in [-0.3, -0.25) is 4.98 Å². The molecule has 1 aliphatic heterocycles. The third-order valence-corrected chi connectivity index (χ3v) is 4.42. The highest BCUT2D eigenvalue weighted by atomic mass is 19.1. The number of hydrogen-bond acceptors (Lipinski definition) is 3. The maximum absolute atomic E-state index is 12.9. The number of carbonyl (C=O) groups is 1. The molecule has 1 N–H and O–H groups in total. The van der Waals surface area contributed by atoms with Gasteiger partial charge in [-0.1, -0.05) is 6.07 Å². The Morgan fingerprint density at radius 2 is 2.16 bits per heavy atom. The first kappa shape index (κ1) is 17.2. The molecule has 3 rings (SSSR count). The smallest absolute Gasteiger partial charge is 0.318 e. The molecule has 1 aliphatic rings. The summed E-state index contributed by atoms with van der Waals surface area (Å²) in [6, 6.07) is 9.70. The molecular weight excluding hydrogens is 321 g/mol. The normalized spacial score (nSPS) is 16.7. The van der Waals surface area contributed by atoms with Crippen molar-refractivity contribution in [2.45, 2.75) is 32.4 Å². The third kappa shape index (κ3) is 4.47. The molecule has 1 aromatic carbocycles. The summed E-state index contributed by atoms with van der Waals surface area (Å²) >= 11 is 0. The fourth-order valence-corrected chi connectivity index (χ4v) is 2.96. The van der Waals surface area contributed by atoms with Crippen molar-refractivity contribution >= 4 is 6.03 Å². The molecule has 2 aromatic rings. The molecule has 0 radical (unpaired) electrons. The number of ether oxygens (including phenoxy) is 1. The maximum Gasteiger partial charge on any atom is 0.318 e. The zero-order valence-corrected chi connectivity index (χ0v) is 14.2. The van der Waals surface area contributed by atoms with Crippen molar-refractivity contribution in [1.82, 2.24) is 15.2 Å². The minimum atomic E-state index is -0.293. The van der Waals surface area contributed by atoms with Crippen LogP contribution in [0.3, 0.4) is 0 Å². The van der Waals surface area contributed by atoms with E-state index in [1.54, 1.807) is 18.3 Å². The summed E-state index contributed by atoms with van der Waals surface area (Å²) in [5, 5.41) is 2.94. The lowest BCUT2D eigenvalue weighted by molar-refractivity contribution is 0.165. The van der Waals surface area contributed by atoms with Crippen LogP contribution in [0.1, 0.15) is 24.1 Å². The molecule has 1 saturated heterocycles. The van der Waals surface area contributed by atoms with Gasteiger partial charge in [0.25, 0.3) is 0 Å². The summed E-state index contributed by atoms with van der Waals surface area (Å²) in [6.45, 7) is 3.50. The van der Waals surface area contributed by atoms with Crippen molar-refractivity contribution < 1.29 is 13.9 Å². The lowest BCUT2D eigenvalue weighted by atomic mass is 10.2. The molecule has 0 bridgehead atoms. The molecule has 6 heteroatoms. The molecule has 1 aromatic heterocycles. The molecule has 1 fully saturated rings. The van der Waals surface area contributed by atoms with Crippen LogP contribution in [0, 0.1) is 12.7 Å². The summed E-state index contributed by atoms with van der Waals surface area (Å²) in [7, 11) is 0. The molecule has 0 saturated carbocycles. The Bertz CT molecular complexity index is 721. The Morgan fingerprint density at radius 1 is 1.36 bits per heavy atom. The van der Waals surface area contributed by atoms with Crippen LogP contribution in [0.5, 0.6) is 5.75 Å². The van der Waals surface area contributed by atoms with Crippen LogP contribution >= 0.6 is 0 Å². The number of aryl methyl sites for hydroxylation is 1. The first-order valence-electron chi connectivity index (χ1n) is 8.47. The summed E-state index contributed by atoms with van der Waals surface area (Å²) in [4.78, 5) is 18.6. The van der Waals surface area contributed by atoms with E-state index in [1.807, 2.05) is 24.0 Å². The zero-order chi connectivity index (χ0) is 17.6. The number of amides is 2. The van der Waals surface area contributed by atoms with Crippen molar-refractivity contribution in [3.8, 4) is 5.75 Å². The number of hydrogen-bond donors (Lipinski definition) is 1. The number of rotatable bonds is 5. The fraction of sp³-hybridized carbons (Fsp3) is 0.368. The zero-order valence-electron chi connectivity index (χ0n) is 14.2. The lowest BCUT2D eigenvalue weighted by Gasteiger charge is -2.25. The van der Waals surface area contributed by atoms with Gasteiger partial charge in [0.2, 0.25) is 0 Å². The van der Waals surface area contributed by atoms with Crippen molar-refractivity contribution in [2.75, 3.05) is 13.2 Å². The van der Waals surface area contributed by atoms with E-state index < -0.39 is 0 Å². The van der Waals surface area contributed by atoms with Gasteiger partial charge in [0.05, 0.1) is 18.3 Å². The molecule has 2 amide bonds. The van der Waals surface area contributed by atoms with Crippen LogP contribution in [0.25, 0.3) is 0 Å². The average Bonchev–Trinajstić information content (AvgIpc) is 3.09. The van der Waals surface area contributed by atoms with Gasteiger partial charge in [-0.05, 0) is 55.7 Å². The highest BCUT2D eigenvalue weighted by Crippen LogP contribution is 2.19. The second kappa shape index (κ2) is 7.96. The van der Waals surface area contributed by atoms with Crippen molar-refractivity contribution in [3.63, 3.8) is 0 Å². The Hall–Kier alpha value is -2.63. The van der Waals surface area contributed by atoms with E-state index in [9.17, 15) is 9.18 Å². The number of urea groups is 1. The Balaban J connectivity index is 1.52. The van der Waals surface area contributed by atoms with Crippen LogP contribution in [0.4, 0.5) is 9.18 Å². The Kier molecular flexibility index (Phi) is 5.48. The molecule has 1 atom stereocenters. The molecule has 2 heterocycles. The first-order valence-corrected chi connectivity index (χ1v) is 8.47. The quantitative estimate of drug-likeness (QED) is 0.906. The van der Waals surface area contributed by atoms with Crippen molar-refractivity contribution in [2.24, 2.45) is 0 Å². The number of likely N-dealkylation sites (tertiary alicyclic amines) is 1. The second-order valence-electron chi connectivity index (χ2n) is 6.18. The first-order chi connectivity index (χ1) is 12.1. The van der Waals surface area contributed by atoms with E-state index >= 15 is 0 Å². The van der Waals surface area contributed by atoms with Gasteiger partial charge in [0.1, 0.15) is 18.2 Å².